The van der Waals surface area contributed by atoms with Gasteiger partial charge in [-0.15, -0.1) is 0 Å². The number of carbonyl (C=O) groups excluding carboxylic acids is 1. The van der Waals surface area contributed by atoms with Crippen molar-refractivity contribution in [3.8, 4) is 0 Å². The molecule has 2 aromatic carbocycles. The zero-order valence-corrected chi connectivity index (χ0v) is 18.2. The van der Waals surface area contributed by atoms with E-state index in [1.165, 1.54) is 18.2 Å². The third-order valence-corrected chi connectivity index (χ3v) is 5.64. The van der Waals surface area contributed by atoms with E-state index in [1.807, 2.05) is 0 Å². The first-order valence-electron chi connectivity index (χ1n) is 9.32. The SMILES string of the molecule is COCCOCCCNC(=O)/C=C/c1ccc(S(=O)(=O)Nc2ccccc2Cl)cc1. The van der Waals surface area contributed by atoms with E-state index in [9.17, 15) is 13.2 Å². The van der Waals surface area contributed by atoms with Gasteiger partial charge in [0, 0.05) is 26.3 Å². The molecule has 2 aromatic rings. The summed E-state index contributed by atoms with van der Waals surface area (Å²) in [4.78, 5) is 11.9. The average Bonchev–Trinajstić information content (AvgIpc) is 2.73. The summed E-state index contributed by atoms with van der Waals surface area (Å²) < 4.78 is 37.6. The van der Waals surface area contributed by atoms with E-state index in [0.717, 1.165) is 0 Å². The molecule has 0 aliphatic carbocycles. The van der Waals surface area contributed by atoms with E-state index in [1.54, 1.807) is 49.6 Å². The van der Waals surface area contributed by atoms with Crippen LogP contribution in [-0.2, 0) is 24.3 Å². The molecule has 9 heteroatoms. The van der Waals surface area contributed by atoms with Crippen LogP contribution in [0, 0.1) is 0 Å². The van der Waals surface area contributed by atoms with Gasteiger partial charge in [-0.3, -0.25) is 9.52 Å². The second kappa shape index (κ2) is 12.3. The summed E-state index contributed by atoms with van der Waals surface area (Å²) in [6.45, 7) is 2.13. The standard InChI is InChI=1S/C21H25ClN2O5S/c1-28-15-16-29-14-4-13-23-21(25)12-9-17-7-10-18(11-8-17)30(26,27)24-20-6-3-2-5-19(20)22/h2-3,5-12,24H,4,13-16H2,1H3,(H,23,25)/b12-9+. The molecule has 0 saturated heterocycles. The lowest BCUT2D eigenvalue weighted by atomic mass is 10.2. The van der Waals surface area contributed by atoms with Gasteiger partial charge >= 0.3 is 0 Å². The van der Waals surface area contributed by atoms with E-state index in [4.69, 9.17) is 21.1 Å². The molecule has 0 aliphatic rings. The van der Waals surface area contributed by atoms with Crippen LogP contribution in [-0.4, -0.2) is 47.8 Å². The van der Waals surface area contributed by atoms with Crippen LogP contribution in [0.4, 0.5) is 5.69 Å². The molecular weight excluding hydrogens is 428 g/mol. The Bertz CT molecular complexity index is 946. The van der Waals surface area contributed by atoms with E-state index in [2.05, 4.69) is 10.0 Å². The quantitative estimate of drug-likeness (QED) is 0.380. The highest BCUT2D eigenvalue weighted by molar-refractivity contribution is 7.92. The van der Waals surface area contributed by atoms with Gasteiger partial charge < -0.3 is 14.8 Å². The monoisotopic (exact) mass is 452 g/mol. The van der Waals surface area contributed by atoms with Crippen LogP contribution in [0.2, 0.25) is 5.02 Å². The number of carbonyl (C=O) groups is 1. The highest BCUT2D eigenvalue weighted by Crippen LogP contribution is 2.24. The first kappa shape index (κ1) is 23.9. The van der Waals surface area contributed by atoms with E-state index >= 15 is 0 Å². The van der Waals surface area contributed by atoms with Crippen molar-refractivity contribution in [2.24, 2.45) is 0 Å². The van der Waals surface area contributed by atoms with Crippen LogP contribution < -0.4 is 10.0 Å². The number of rotatable bonds is 12. The zero-order chi connectivity index (χ0) is 21.8. The number of para-hydroxylation sites is 1. The Kier molecular flexibility index (Phi) is 9.82. The maximum absolute atomic E-state index is 12.5. The Morgan fingerprint density at radius 2 is 1.80 bits per heavy atom. The van der Waals surface area contributed by atoms with Crippen LogP contribution >= 0.6 is 11.6 Å². The summed E-state index contributed by atoms with van der Waals surface area (Å²) in [5.41, 5.74) is 1.01. The average molecular weight is 453 g/mol. The molecule has 0 unspecified atom stereocenters. The van der Waals surface area contributed by atoms with Crippen LogP contribution in [0.5, 0.6) is 0 Å². The highest BCUT2D eigenvalue weighted by atomic mass is 35.5. The Morgan fingerprint density at radius 1 is 1.07 bits per heavy atom. The molecule has 0 aliphatic heterocycles. The van der Waals surface area contributed by atoms with E-state index in [0.29, 0.717) is 49.1 Å². The van der Waals surface area contributed by atoms with Gasteiger partial charge in [0.15, 0.2) is 0 Å². The number of halogens is 1. The number of anilines is 1. The summed E-state index contributed by atoms with van der Waals surface area (Å²) >= 11 is 6.00. The van der Waals surface area contributed by atoms with Crippen molar-refractivity contribution in [1.82, 2.24) is 5.32 Å². The maximum atomic E-state index is 12.5. The molecule has 162 valence electrons. The number of ether oxygens (including phenoxy) is 2. The fourth-order valence-electron chi connectivity index (χ4n) is 2.37. The second-order valence-electron chi connectivity index (χ2n) is 6.24. The molecule has 0 heterocycles. The minimum Gasteiger partial charge on any atom is -0.382 e. The number of hydrogen-bond donors (Lipinski definition) is 2. The Labute approximate surface area is 182 Å². The van der Waals surface area contributed by atoms with Crippen molar-refractivity contribution in [3.63, 3.8) is 0 Å². The van der Waals surface area contributed by atoms with Gasteiger partial charge in [-0.2, -0.15) is 0 Å². The molecule has 0 saturated carbocycles. The maximum Gasteiger partial charge on any atom is 0.261 e. The van der Waals surface area contributed by atoms with Gasteiger partial charge in [0.2, 0.25) is 5.91 Å². The van der Waals surface area contributed by atoms with Crippen molar-refractivity contribution >= 4 is 39.3 Å². The van der Waals surface area contributed by atoms with Gasteiger partial charge in [-0.25, -0.2) is 8.42 Å². The molecule has 0 bridgehead atoms. The van der Waals surface area contributed by atoms with Crippen molar-refractivity contribution in [3.05, 3.63) is 65.2 Å². The summed E-state index contributed by atoms with van der Waals surface area (Å²) in [5.74, 6) is -0.232. The molecule has 2 N–H and O–H groups in total. The lowest BCUT2D eigenvalue weighted by Gasteiger charge is -2.09. The fourth-order valence-corrected chi connectivity index (χ4v) is 3.69. The number of sulfonamides is 1. The van der Waals surface area contributed by atoms with Gasteiger partial charge in [0.1, 0.15) is 0 Å². The predicted octanol–water partition coefficient (Wildman–Crippen LogP) is 3.32. The molecule has 0 atom stereocenters. The first-order chi connectivity index (χ1) is 14.4. The third-order valence-electron chi connectivity index (χ3n) is 3.93. The summed E-state index contributed by atoms with van der Waals surface area (Å²) in [6, 6.07) is 12.8. The molecule has 0 radical (unpaired) electrons. The Morgan fingerprint density at radius 3 is 2.50 bits per heavy atom. The summed E-state index contributed by atoms with van der Waals surface area (Å²) in [7, 11) is -2.15. The normalized spacial score (nSPS) is 11.5. The molecule has 1 amide bonds. The number of methoxy groups -OCH3 is 1. The molecular formula is C21H25ClN2O5S. The molecule has 0 spiro atoms. The lowest BCUT2D eigenvalue weighted by molar-refractivity contribution is -0.116. The topological polar surface area (TPSA) is 93.7 Å². The van der Waals surface area contributed by atoms with Gasteiger partial charge in [-0.1, -0.05) is 35.9 Å². The molecule has 0 aromatic heterocycles. The molecule has 7 nitrogen and oxygen atoms in total. The van der Waals surface area contributed by atoms with Crippen molar-refractivity contribution < 1.29 is 22.7 Å². The number of amides is 1. The third kappa shape index (κ3) is 8.16. The Hall–Kier alpha value is -2.39. The van der Waals surface area contributed by atoms with Crippen LogP contribution in [0.3, 0.4) is 0 Å². The van der Waals surface area contributed by atoms with Crippen molar-refractivity contribution in [2.75, 3.05) is 38.2 Å². The zero-order valence-electron chi connectivity index (χ0n) is 16.6. The summed E-state index contributed by atoms with van der Waals surface area (Å²) in [6.07, 6.45) is 3.72. The van der Waals surface area contributed by atoms with Crippen LogP contribution in [0.15, 0.2) is 59.5 Å². The lowest BCUT2D eigenvalue weighted by Crippen LogP contribution is -2.23. The van der Waals surface area contributed by atoms with Gasteiger partial charge in [0.25, 0.3) is 10.0 Å². The number of nitrogens with one attached hydrogen (secondary N) is 2. The molecule has 0 fully saturated rings. The van der Waals surface area contributed by atoms with E-state index in [-0.39, 0.29) is 10.8 Å². The van der Waals surface area contributed by atoms with Gasteiger partial charge in [-0.05, 0) is 42.3 Å². The highest BCUT2D eigenvalue weighted by Gasteiger charge is 2.15. The minimum absolute atomic E-state index is 0.0949. The minimum atomic E-state index is -3.76. The van der Waals surface area contributed by atoms with Crippen LogP contribution in [0.1, 0.15) is 12.0 Å². The first-order valence-corrected chi connectivity index (χ1v) is 11.2. The molecule has 2 rings (SSSR count). The number of hydrogen-bond acceptors (Lipinski definition) is 5. The fraction of sp³-hybridized carbons (Fsp3) is 0.286. The molecule has 30 heavy (non-hydrogen) atoms. The summed E-state index contributed by atoms with van der Waals surface area (Å²) in [5, 5.41) is 3.07. The van der Waals surface area contributed by atoms with Crippen molar-refractivity contribution in [1.29, 1.82) is 0 Å². The second-order valence-corrected chi connectivity index (χ2v) is 8.33. The van der Waals surface area contributed by atoms with Gasteiger partial charge in [0.05, 0.1) is 28.8 Å². The predicted molar refractivity (Wildman–Crippen MR) is 118 cm³/mol. The van der Waals surface area contributed by atoms with Crippen molar-refractivity contribution in [2.45, 2.75) is 11.3 Å². The Balaban J connectivity index is 1.83. The van der Waals surface area contributed by atoms with Crippen LogP contribution in [0.25, 0.3) is 6.08 Å². The van der Waals surface area contributed by atoms with E-state index < -0.39 is 10.0 Å². The number of benzene rings is 2. The largest absolute Gasteiger partial charge is 0.382 e. The smallest absolute Gasteiger partial charge is 0.261 e.